The molecular formula is C18H28N2O3. The highest BCUT2D eigenvalue weighted by Crippen LogP contribution is 2.14. The molecule has 0 heterocycles. The van der Waals surface area contributed by atoms with Gasteiger partial charge >= 0.3 is 0 Å². The summed E-state index contributed by atoms with van der Waals surface area (Å²) in [5.41, 5.74) is 6.58. The Morgan fingerprint density at radius 2 is 1.78 bits per heavy atom. The molecule has 0 radical (unpaired) electrons. The summed E-state index contributed by atoms with van der Waals surface area (Å²) >= 11 is 0. The minimum absolute atomic E-state index is 0.0252. The Bertz CT molecular complexity index is 512. The van der Waals surface area contributed by atoms with Crippen molar-refractivity contribution in [3.63, 3.8) is 0 Å². The second-order valence-electron chi connectivity index (χ2n) is 6.16. The van der Waals surface area contributed by atoms with E-state index in [1.54, 1.807) is 43.3 Å². The van der Waals surface area contributed by atoms with Crippen LogP contribution in [0, 0.1) is 5.92 Å². The molecule has 0 spiro atoms. The van der Waals surface area contributed by atoms with Gasteiger partial charge in [-0.25, -0.2) is 0 Å². The van der Waals surface area contributed by atoms with E-state index >= 15 is 0 Å². The molecule has 0 aromatic heterocycles. The fraction of sp³-hybridized carbons (Fsp3) is 0.556. The van der Waals surface area contributed by atoms with Crippen LogP contribution in [0.5, 0.6) is 5.75 Å². The monoisotopic (exact) mass is 320 g/mol. The van der Waals surface area contributed by atoms with Crippen LogP contribution >= 0.6 is 0 Å². The van der Waals surface area contributed by atoms with Crippen LogP contribution in [0.4, 0.5) is 0 Å². The Hall–Kier alpha value is -1.88. The molecule has 0 aliphatic carbocycles. The first-order chi connectivity index (χ1) is 10.8. The lowest BCUT2D eigenvalue weighted by molar-refractivity contribution is -0.129. The van der Waals surface area contributed by atoms with Gasteiger partial charge in [-0.15, -0.1) is 0 Å². The zero-order valence-corrected chi connectivity index (χ0v) is 14.5. The maximum Gasteiger partial charge on any atom is 0.222 e. The number of carbonyl (C=O) groups is 2. The average Bonchev–Trinajstić information content (AvgIpc) is 2.56. The van der Waals surface area contributed by atoms with E-state index < -0.39 is 0 Å². The number of ketones is 1. The number of Topliss-reactive ketones (excluding diaryl/α,β-unsaturated/α-hetero) is 1. The van der Waals surface area contributed by atoms with E-state index in [1.807, 2.05) is 0 Å². The highest BCUT2D eigenvalue weighted by atomic mass is 16.5. The van der Waals surface area contributed by atoms with Crippen molar-refractivity contribution in [3.05, 3.63) is 29.8 Å². The third-order valence-corrected chi connectivity index (χ3v) is 4.06. The molecule has 0 saturated carbocycles. The van der Waals surface area contributed by atoms with Crippen LogP contribution < -0.4 is 10.5 Å². The van der Waals surface area contributed by atoms with Gasteiger partial charge < -0.3 is 15.4 Å². The Balaban J connectivity index is 2.40. The lowest BCUT2D eigenvalue weighted by Crippen LogP contribution is -2.34. The number of nitrogens with two attached hydrogens (primary N) is 1. The maximum absolute atomic E-state index is 12.1. The molecule has 1 aromatic rings. The standard InChI is InChI=1S/C18H28N2O3/c1-13(2)16(19)11-12-20(3)18(22)10-9-17(21)14-5-7-15(23-4)8-6-14/h5-8,13,16H,9-12,19H2,1-4H3. The molecule has 0 saturated heterocycles. The quantitative estimate of drug-likeness (QED) is 0.710. The Kier molecular flexibility index (Phi) is 7.75. The normalized spacial score (nSPS) is 12.1. The molecule has 5 heteroatoms. The first-order valence-corrected chi connectivity index (χ1v) is 8.02. The van der Waals surface area contributed by atoms with Crippen molar-refractivity contribution in [2.45, 2.75) is 39.2 Å². The summed E-state index contributed by atoms with van der Waals surface area (Å²) in [4.78, 5) is 25.8. The Morgan fingerprint density at radius 1 is 1.17 bits per heavy atom. The summed E-state index contributed by atoms with van der Waals surface area (Å²) in [5, 5.41) is 0. The van der Waals surface area contributed by atoms with Crippen molar-refractivity contribution in [1.29, 1.82) is 0 Å². The average molecular weight is 320 g/mol. The molecule has 1 aromatic carbocycles. The van der Waals surface area contributed by atoms with Crippen molar-refractivity contribution in [1.82, 2.24) is 4.90 Å². The third kappa shape index (κ3) is 6.40. The zero-order chi connectivity index (χ0) is 17.4. The van der Waals surface area contributed by atoms with E-state index in [0.717, 1.165) is 6.42 Å². The lowest BCUT2D eigenvalue weighted by atomic mass is 10.0. The number of methoxy groups -OCH3 is 1. The topological polar surface area (TPSA) is 72.6 Å². The molecule has 0 bridgehead atoms. The summed E-state index contributed by atoms with van der Waals surface area (Å²) in [5.74, 6) is 1.05. The van der Waals surface area contributed by atoms with Crippen LogP contribution in [-0.4, -0.2) is 43.3 Å². The van der Waals surface area contributed by atoms with E-state index in [-0.39, 0.29) is 30.6 Å². The van der Waals surface area contributed by atoms with Crippen molar-refractivity contribution < 1.29 is 14.3 Å². The molecule has 23 heavy (non-hydrogen) atoms. The number of rotatable bonds is 9. The Labute approximate surface area is 138 Å². The molecule has 128 valence electrons. The number of carbonyl (C=O) groups excluding carboxylic acids is 2. The van der Waals surface area contributed by atoms with Gasteiger partial charge in [-0.2, -0.15) is 0 Å². The van der Waals surface area contributed by atoms with Gasteiger partial charge in [0.15, 0.2) is 5.78 Å². The van der Waals surface area contributed by atoms with E-state index in [9.17, 15) is 9.59 Å². The molecule has 0 aliphatic rings. The van der Waals surface area contributed by atoms with E-state index in [4.69, 9.17) is 10.5 Å². The molecule has 1 rings (SSSR count). The number of amides is 1. The smallest absolute Gasteiger partial charge is 0.222 e. The molecular weight excluding hydrogens is 292 g/mol. The highest BCUT2D eigenvalue weighted by molar-refractivity contribution is 5.98. The fourth-order valence-corrected chi connectivity index (χ4v) is 2.13. The van der Waals surface area contributed by atoms with Crippen LogP contribution in [0.3, 0.4) is 0 Å². The summed E-state index contributed by atoms with van der Waals surface area (Å²) in [6, 6.07) is 7.02. The van der Waals surface area contributed by atoms with Gasteiger partial charge in [0.25, 0.3) is 0 Å². The predicted octanol–water partition coefficient (Wildman–Crippen LogP) is 2.49. The SMILES string of the molecule is COc1ccc(C(=O)CCC(=O)N(C)CCC(N)C(C)C)cc1. The molecule has 2 N–H and O–H groups in total. The number of nitrogens with zero attached hydrogens (tertiary/aromatic N) is 1. The number of benzene rings is 1. The zero-order valence-electron chi connectivity index (χ0n) is 14.5. The second kappa shape index (κ2) is 9.30. The maximum atomic E-state index is 12.1. The number of hydrogen-bond donors (Lipinski definition) is 1. The molecule has 1 atom stereocenters. The Morgan fingerprint density at radius 3 is 2.30 bits per heavy atom. The van der Waals surface area contributed by atoms with Crippen molar-refractivity contribution >= 4 is 11.7 Å². The first-order valence-electron chi connectivity index (χ1n) is 8.02. The van der Waals surface area contributed by atoms with E-state index in [0.29, 0.717) is 23.8 Å². The first kappa shape index (κ1) is 19.2. The molecule has 5 nitrogen and oxygen atoms in total. The predicted molar refractivity (Wildman–Crippen MR) is 91.6 cm³/mol. The minimum Gasteiger partial charge on any atom is -0.497 e. The largest absolute Gasteiger partial charge is 0.497 e. The van der Waals surface area contributed by atoms with Gasteiger partial charge in [-0.05, 0) is 36.6 Å². The van der Waals surface area contributed by atoms with Gasteiger partial charge in [-0.1, -0.05) is 13.8 Å². The van der Waals surface area contributed by atoms with Gasteiger partial charge in [0.05, 0.1) is 7.11 Å². The van der Waals surface area contributed by atoms with Crippen LogP contribution in [0.15, 0.2) is 24.3 Å². The summed E-state index contributed by atoms with van der Waals surface area (Å²) in [7, 11) is 3.34. The van der Waals surface area contributed by atoms with Crippen molar-refractivity contribution in [2.75, 3.05) is 20.7 Å². The van der Waals surface area contributed by atoms with Gasteiger partial charge in [0.1, 0.15) is 5.75 Å². The second-order valence-corrected chi connectivity index (χ2v) is 6.16. The number of hydrogen-bond acceptors (Lipinski definition) is 4. The lowest BCUT2D eigenvalue weighted by Gasteiger charge is -2.21. The molecule has 1 amide bonds. The van der Waals surface area contributed by atoms with E-state index in [1.165, 1.54) is 0 Å². The molecule has 0 fully saturated rings. The van der Waals surface area contributed by atoms with Crippen LogP contribution in [0.25, 0.3) is 0 Å². The number of ether oxygens (including phenoxy) is 1. The van der Waals surface area contributed by atoms with Crippen molar-refractivity contribution in [2.24, 2.45) is 11.7 Å². The van der Waals surface area contributed by atoms with Crippen LogP contribution in [0.1, 0.15) is 43.5 Å². The van der Waals surface area contributed by atoms with Gasteiger partial charge in [0, 0.05) is 38.0 Å². The summed E-state index contributed by atoms with van der Waals surface area (Å²) in [6.07, 6.45) is 1.20. The highest BCUT2D eigenvalue weighted by Gasteiger charge is 2.15. The van der Waals surface area contributed by atoms with Crippen molar-refractivity contribution in [3.8, 4) is 5.75 Å². The third-order valence-electron chi connectivity index (χ3n) is 4.06. The summed E-state index contributed by atoms with van der Waals surface area (Å²) < 4.78 is 5.06. The van der Waals surface area contributed by atoms with Crippen LogP contribution in [0.2, 0.25) is 0 Å². The van der Waals surface area contributed by atoms with Gasteiger partial charge in [0.2, 0.25) is 5.91 Å². The molecule has 1 unspecified atom stereocenters. The van der Waals surface area contributed by atoms with Gasteiger partial charge in [-0.3, -0.25) is 9.59 Å². The summed E-state index contributed by atoms with van der Waals surface area (Å²) in [6.45, 7) is 4.76. The fourth-order valence-electron chi connectivity index (χ4n) is 2.13. The molecule has 0 aliphatic heterocycles. The van der Waals surface area contributed by atoms with E-state index in [2.05, 4.69) is 13.8 Å². The van der Waals surface area contributed by atoms with Crippen LogP contribution in [-0.2, 0) is 4.79 Å². The minimum atomic E-state index is -0.0340.